The number of amides is 2. The zero-order chi connectivity index (χ0) is 33.7. The van der Waals surface area contributed by atoms with Gasteiger partial charge in [-0.2, -0.15) is 13.2 Å². The minimum atomic E-state index is -4.42. The zero-order valence-electron chi connectivity index (χ0n) is 24.9. The molecule has 12 heteroatoms. The van der Waals surface area contributed by atoms with Gasteiger partial charge in [-0.1, -0.05) is 77.8 Å². The van der Waals surface area contributed by atoms with Crippen molar-refractivity contribution in [3.63, 3.8) is 0 Å². The third-order valence-electron chi connectivity index (χ3n) is 7.16. The van der Waals surface area contributed by atoms with E-state index in [1.165, 1.54) is 13.1 Å². The van der Waals surface area contributed by atoms with Gasteiger partial charge in [0.2, 0.25) is 0 Å². The number of hydrogen-bond donors (Lipinski definition) is 1. The number of nitrogens with zero attached hydrogens (tertiary/aromatic N) is 3. The van der Waals surface area contributed by atoms with Gasteiger partial charge in [-0.05, 0) is 70.8 Å². The van der Waals surface area contributed by atoms with E-state index in [1.807, 2.05) is 47.2 Å². The largest absolute Gasteiger partial charge is 0.563 e. The Morgan fingerprint density at radius 3 is 2.32 bits per heavy atom. The van der Waals surface area contributed by atoms with Crippen molar-refractivity contribution in [2.75, 3.05) is 18.9 Å². The molecular formula is C35H28Cl2F3N4O3+. The number of benzene rings is 4. The summed E-state index contributed by atoms with van der Waals surface area (Å²) in [5.41, 5.74) is 4.00. The fourth-order valence-electron chi connectivity index (χ4n) is 4.75. The van der Waals surface area contributed by atoms with Gasteiger partial charge in [-0.15, -0.1) is 0 Å². The molecule has 0 saturated carbocycles. The second kappa shape index (κ2) is 14.1. The summed E-state index contributed by atoms with van der Waals surface area (Å²) in [7, 11) is 1.43. The lowest BCUT2D eigenvalue weighted by Gasteiger charge is -2.14. The first-order valence-corrected chi connectivity index (χ1v) is 14.9. The van der Waals surface area contributed by atoms with Crippen LogP contribution in [0, 0.1) is 0 Å². The lowest BCUT2D eigenvalue weighted by Crippen LogP contribution is -2.35. The van der Waals surface area contributed by atoms with E-state index in [1.54, 1.807) is 48.5 Å². The highest BCUT2D eigenvalue weighted by Crippen LogP contribution is 2.33. The highest BCUT2D eigenvalue weighted by molar-refractivity contribution is 6.36. The van der Waals surface area contributed by atoms with Crippen LogP contribution in [0.2, 0.25) is 10.0 Å². The molecule has 0 fully saturated rings. The van der Waals surface area contributed by atoms with E-state index in [9.17, 15) is 22.8 Å². The fraction of sp³-hybridized carbons (Fsp3) is 0.114. The lowest BCUT2D eigenvalue weighted by molar-refractivity contribution is -0.138. The zero-order valence-corrected chi connectivity index (χ0v) is 26.4. The van der Waals surface area contributed by atoms with Crippen LogP contribution in [0.3, 0.4) is 0 Å². The number of hydrogen-bond acceptors (Lipinski definition) is 3. The summed E-state index contributed by atoms with van der Waals surface area (Å²) >= 11 is 12.6. The van der Waals surface area contributed by atoms with Crippen LogP contribution in [-0.4, -0.2) is 45.2 Å². The average molecular weight is 681 g/mol. The molecule has 5 aromatic rings. The molecule has 0 spiro atoms. The molecule has 0 aliphatic heterocycles. The van der Waals surface area contributed by atoms with Crippen LogP contribution in [0.25, 0.3) is 34.5 Å². The number of anilines is 1. The average Bonchev–Trinajstić information content (AvgIpc) is 3.42. The van der Waals surface area contributed by atoms with Crippen molar-refractivity contribution >= 4 is 53.0 Å². The van der Waals surface area contributed by atoms with Crippen LogP contribution >= 0.6 is 23.2 Å². The standard InChI is InChI=1S/C35H27Cl2F3N4O3/c1-43(21-33(45)46)34(47)41-28-13-7-23(8-14-28)19-44-20-31(29-15-12-27(36)18-30(29)37)42-32(44)16-9-22-5-10-24(11-6-22)25-3-2-4-26(17-25)35(38,39)40/h2-18,20H,19,21H2,1H3,(H,41,47)(H,45,46)/p+1/b16-9+. The second-order valence-electron chi connectivity index (χ2n) is 10.7. The first-order chi connectivity index (χ1) is 22.4. The van der Waals surface area contributed by atoms with Crippen molar-refractivity contribution in [3.05, 3.63) is 130 Å². The quantitative estimate of drug-likeness (QED) is 0.159. The topological polar surface area (TPSA) is 90.1 Å². The third kappa shape index (κ3) is 8.60. The van der Waals surface area contributed by atoms with Crippen LogP contribution in [-0.2, 0) is 17.5 Å². The van der Waals surface area contributed by atoms with E-state index in [4.69, 9.17) is 33.3 Å². The van der Waals surface area contributed by atoms with Gasteiger partial charge in [0.25, 0.3) is 0 Å². The number of halogens is 5. The number of urea groups is 1. The van der Waals surface area contributed by atoms with Gasteiger partial charge in [0.1, 0.15) is 5.82 Å². The molecule has 0 saturated heterocycles. The molecule has 1 aromatic heterocycles. The second-order valence-corrected chi connectivity index (χ2v) is 11.5. The predicted octanol–water partition coefficient (Wildman–Crippen LogP) is 8.48. The molecule has 5 rings (SSSR count). The molecule has 2 amide bonds. The molecule has 0 aliphatic carbocycles. The summed E-state index contributed by atoms with van der Waals surface area (Å²) in [6.07, 6.45) is 1.15. The number of imidazole rings is 1. The first kappa shape index (κ1) is 33.3. The summed E-state index contributed by atoms with van der Waals surface area (Å²) in [6.45, 7) is 0.106. The lowest BCUT2D eigenvalue weighted by atomic mass is 10.0. The molecule has 0 aliphatic rings. The van der Waals surface area contributed by atoms with Gasteiger partial charge >= 0.3 is 18.2 Å². The van der Waals surface area contributed by atoms with E-state index in [-0.39, 0.29) is 6.54 Å². The third-order valence-corrected chi connectivity index (χ3v) is 7.71. The molecule has 0 bridgehead atoms. The van der Waals surface area contributed by atoms with Gasteiger partial charge in [0, 0.05) is 40.9 Å². The van der Waals surface area contributed by atoms with Gasteiger partial charge in [0.15, 0.2) is 6.54 Å². The van der Waals surface area contributed by atoms with E-state index in [0.29, 0.717) is 50.5 Å². The Bertz CT molecular complexity index is 1940. The number of rotatable bonds is 9. The summed E-state index contributed by atoms with van der Waals surface area (Å²) in [5, 5.41) is 10.7. The van der Waals surface area contributed by atoms with Crippen molar-refractivity contribution in [1.82, 2.24) is 14.5 Å². The number of carbonyl (C=O) groups is 2. The smallest absolute Gasteiger partial charge is 0.535 e. The SMILES string of the molecule is CN(CC(=O)[OH2+])C(=O)Nc1ccc(Cn2cc(-c3ccc(Cl)cc3Cl)nc2/C=C/c2ccc(-c3cccc(C(F)(F)F)c3)cc2)cc1. The van der Waals surface area contributed by atoms with Crippen LogP contribution in [0.5, 0.6) is 0 Å². The Morgan fingerprint density at radius 2 is 1.66 bits per heavy atom. The Labute approximate surface area is 278 Å². The number of likely N-dealkylation sites (N-methyl/N-ethyl adjacent to an activating group) is 1. The normalized spacial score (nSPS) is 11.5. The summed E-state index contributed by atoms with van der Waals surface area (Å²) in [6, 6.07) is 24.2. The fourth-order valence-corrected chi connectivity index (χ4v) is 5.25. The monoisotopic (exact) mass is 679 g/mol. The van der Waals surface area contributed by atoms with Gasteiger partial charge < -0.3 is 19.9 Å². The van der Waals surface area contributed by atoms with Crippen LogP contribution in [0.15, 0.2) is 97.2 Å². The van der Waals surface area contributed by atoms with Crippen molar-refractivity contribution < 1.29 is 27.9 Å². The number of carbonyl (C=O) groups excluding carboxylic acids is 2. The van der Waals surface area contributed by atoms with E-state index in [0.717, 1.165) is 28.2 Å². The summed E-state index contributed by atoms with van der Waals surface area (Å²) < 4.78 is 41.5. The van der Waals surface area contributed by atoms with Crippen molar-refractivity contribution in [2.24, 2.45) is 0 Å². The minimum absolute atomic E-state index is 0.319. The number of alkyl halides is 3. The van der Waals surface area contributed by atoms with Gasteiger partial charge in [-0.3, -0.25) is 0 Å². The van der Waals surface area contributed by atoms with E-state index in [2.05, 4.69) is 5.32 Å². The molecule has 0 atom stereocenters. The molecule has 3 N–H and O–H groups in total. The Morgan fingerprint density at radius 1 is 0.936 bits per heavy atom. The molecule has 0 unspecified atom stereocenters. The maximum absolute atomic E-state index is 13.2. The maximum Gasteiger partial charge on any atom is 0.535 e. The Balaban J connectivity index is 1.38. The predicted molar refractivity (Wildman–Crippen MR) is 179 cm³/mol. The van der Waals surface area contributed by atoms with Crippen molar-refractivity contribution in [2.45, 2.75) is 12.7 Å². The summed E-state index contributed by atoms with van der Waals surface area (Å²) in [5.74, 6) is -0.248. The van der Waals surface area contributed by atoms with Crippen LogP contribution in [0.1, 0.15) is 22.5 Å². The number of nitrogens with one attached hydrogen (secondary N) is 1. The van der Waals surface area contributed by atoms with Crippen molar-refractivity contribution in [3.8, 4) is 22.4 Å². The molecule has 240 valence electrons. The number of aromatic nitrogens is 2. The van der Waals surface area contributed by atoms with Crippen molar-refractivity contribution in [1.29, 1.82) is 0 Å². The molecule has 7 nitrogen and oxygen atoms in total. The molecule has 4 aromatic carbocycles. The minimum Gasteiger partial charge on any atom is -0.563 e. The van der Waals surface area contributed by atoms with Crippen LogP contribution < -0.4 is 5.32 Å². The molecule has 1 heterocycles. The first-order valence-electron chi connectivity index (χ1n) is 14.2. The molecule has 47 heavy (non-hydrogen) atoms. The van der Waals surface area contributed by atoms with Crippen LogP contribution in [0.4, 0.5) is 23.7 Å². The molecule has 0 radical (unpaired) electrons. The highest BCUT2D eigenvalue weighted by atomic mass is 35.5. The Kier molecular flexibility index (Phi) is 10.0. The highest BCUT2D eigenvalue weighted by Gasteiger charge is 2.30. The van der Waals surface area contributed by atoms with Gasteiger partial charge in [0.05, 0.1) is 16.3 Å². The maximum atomic E-state index is 13.2. The Hall–Kier alpha value is -5.06. The molecular weight excluding hydrogens is 652 g/mol. The summed E-state index contributed by atoms with van der Waals surface area (Å²) in [4.78, 5) is 29.2. The van der Waals surface area contributed by atoms with E-state index < -0.39 is 23.7 Å². The van der Waals surface area contributed by atoms with E-state index >= 15 is 0 Å². The van der Waals surface area contributed by atoms with Gasteiger partial charge in [-0.25, -0.2) is 9.78 Å².